The summed E-state index contributed by atoms with van der Waals surface area (Å²) in [5.74, 6) is -1.70. The first kappa shape index (κ1) is 16.7. The number of nitrogens with one attached hydrogen (secondary N) is 2. The Morgan fingerprint density at radius 3 is 2.42 bits per heavy atom. The molecular formula is C20H17F3N2O. The van der Waals surface area contributed by atoms with Crippen molar-refractivity contribution in [3.63, 3.8) is 0 Å². The van der Waals surface area contributed by atoms with Crippen LogP contribution in [0.1, 0.15) is 31.2 Å². The first-order valence-electron chi connectivity index (χ1n) is 8.46. The molecule has 134 valence electrons. The van der Waals surface area contributed by atoms with Gasteiger partial charge in [0.2, 0.25) is 5.91 Å². The summed E-state index contributed by atoms with van der Waals surface area (Å²) in [4.78, 5) is 14.3. The second kappa shape index (κ2) is 6.20. The van der Waals surface area contributed by atoms with Crippen LogP contribution in [0.25, 0.3) is 22.2 Å². The number of carbonyl (C=O) groups is 1. The molecule has 0 spiro atoms. The Morgan fingerprint density at radius 1 is 1.08 bits per heavy atom. The number of benzene rings is 2. The molecule has 1 heterocycles. The second-order valence-electron chi connectivity index (χ2n) is 6.80. The molecule has 3 aromatic rings. The lowest BCUT2D eigenvalue weighted by Crippen LogP contribution is -2.42. The quantitative estimate of drug-likeness (QED) is 0.704. The summed E-state index contributed by atoms with van der Waals surface area (Å²) in [6.07, 6.45) is 1.39. The van der Waals surface area contributed by atoms with E-state index in [2.05, 4.69) is 10.3 Å². The zero-order chi connectivity index (χ0) is 18.4. The van der Waals surface area contributed by atoms with Crippen molar-refractivity contribution in [2.75, 3.05) is 0 Å². The summed E-state index contributed by atoms with van der Waals surface area (Å²) < 4.78 is 41.4. The van der Waals surface area contributed by atoms with Gasteiger partial charge in [-0.1, -0.05) is 0 Å². The lowest BCUT2D eigenvalue weighted by atomic mass is 9.74. The van der Waals surface area contributed by atoms with Crippen LogP contribution < -0.4 is 5.32 Å². The van der Waals surface area contributed by atoms with Crippen LogP contribution in [0, 0.1) is 17.5 Å². The Hall–Kier alpha value is -2.76. The molecule has 0 saturated heterocycles. The van der Waals surface area contributed by atoms with Crippen LogP contribution >= 0.6 is 0 Å². The number of H-pyrrole nitrogens is 1. The minimum atomic E-state index is -0.660. The summed E-state index contributed by atoms with van der Waals surface area (Å²) >= 11 is 0. The van der Waals surface area contributed by atoms with Crippen LogP contribution in [-0.2, 0) is 4.79 Å². The molecule has 1 amide bonds. The molecule has 0 atom stereocenters. The van der Waals surface area contributed by atoms with Crippen molar-refractivity contribution >= 4 is 16.8 Å². The van der Waals surface area contributed by atoms with Gasteiger partial charge in [-0.2, -0.15) is 0 Å². The number of hydrogen-bond donors (Lipinski definition) is 2. The van der Waals surface area contributed by atoms with Crippen molar-refractivity contribution in [3.8, 4) is 11.3 Å². The fourth-order valence-electron chi connectivity index (χ4n) is 3.77. The first-order valence-corrected chi connectivity index (χ1v) is 8.46. The molecular weight excluding hydrogens is 341 g/mol. The molecule has 2 aromatic carbocycles. The standard InChI is InChI=1S/C20H17F3N2O/c1-10(26)24-15-6-12(7-15)18-16-8-14(22)9-17(23)20(16)25-19(18)11-2-4-13(21)5-3-11/h2-5,8-9,12,15,25H,6-7H2,1H3,(H,24,26)/t12-,15+. The number of aromatic amines is 1. The second-order valence-corrected chi connectivity index (χ2v) is 6.80. The number of rotatable bonds is 3. The Kier molecular flexibility index (Phi) is 3.98. The van der Waals surface area contributed by atoms with Gasteiger partial charge < -0.3 is 10.3 Å². The molecule has 4 rings (SSSR count). The van der Waals surface area contributed by atoms with Gasteiger partial charge >= 0.3 is 0 Å². The van der Waals surface area contributed by atoms with Crippen LogP contribution in [0.2, 0.25) is 0 Å². The van der Waals surface area contributed by atoms with Crippen molar-refractivity contribution in [2.45, 2.75) is 31.7 Å². The van der Waals surface area contributed by atoms with Crippen molar-refractivity contribution in [1.29, 1.82) is 0 Å². The van der Waals surface area contributed by atoms with Crippen LogP contribution in [0.15, 0.2) is 36.4 Å². The average Bonchev–Trinajstić information content (AvgIpc) is 2.90. The molecule has 0 bridgehead atoms. The number of amides is 1. The van der Waals surface area contributed by atoms with Crippen LogP contribution in [0.3, 0.4) is 0 Å². The van der Waals surface area contributed by atoms with E-state index < -0.39 is 11.6 Å². The summed E-state index contributed by atoms with van der Waals surface area (Å²) in [5.41, 5.74) is 2.42. The number of aromatic nitrogens is 1. The predicted octanol–water partition coefficient (Wildman–Crippen LogP) is 4.63. The monoisotopic (exact) mass is 358 g/mol. The summed E-state index contributed by atoms with van der Waals surface area (Å²) in [6, 6.07) is 8.12. The van der Waals surface area contributed by atoms with Gasteiger partial charge in [-0.3, -0.25) is 4.79 Å². The summed E-state index contributed by atoms with van der Waals surface area (Å²) in [6.45, 7) is 1.47. The highest BCUT2D eigenvalue weighted by atomic mass is 19.1. The van der Waals surface area contributed by atoms with Gasteiger partial charge in [0.25, 0.3) is 0 Å². The number of halogens is 3. The molecule has 1 saturated carbocycles. The van der Waals surface area contributed by atoms with E-state index in [-0.39, 0.29) is 29.2 Å². The summed E-state index contributed by atoms with van der Waals surface area (Å²) in [7, 11) is 0. The molecule has 0 radical (unpaired) electrons. The highest BCUT2D eigenvalue weighted by Gasteiger charge is 2.35. The molecule has 0 unspecified atom stereocenters. The third-order valence-corrected chi connectivity index (χ3v) is 4.95. The average molecular weight is 358 g/mol. The SMILES string of the molecule is CC(=O)N[C@H]1C[C@@H](c2c(-c3ccc(F)cc3)[nH]c3c(F)cc(F)cc32)C1. The van der Waals surface area contributed by atoms with Gasteiger partial charge in [0, 0.05) is 24.4 Å². The fraction of sp³-hybridized carbons (Fsp3) is 0.250. The summed E-state index contributed by atoms with van der Waals surface area (Å²) in [5, 5.41) is 3.36. The molecule has 3 nitrogen and oxygen atoms in total. The topological polar surface area (TPSA) is 44.9 Å². The zero-order valence-electron chi connectivity index (χ0n) is 14.1. The van der Waals surface area contributed by atoms with Crippen LogP contribution in [0.5, 0.6) is 0 Å². The van der Waals surface area contributed by atoms with E-state index in [0.29, 0.717) is 29.5 Å². The third kappa shape index (κ3) is 2.85. The third-order valence-electron chi connectivity index (χ3n) is 4.95. The molecule has 1 aromatic heterocycles. The maximum atomic E-state index is 14.3. The number of carbonyl (C=O) groups excluding carboxylic acids is 1. The van der Waals surface area contributed by atoms with Gasteiger partial charge in [0.1, 0.15) is 17.5 Å². The van der Waals surface area contributed by atoms with Gasteiger partial charge in [0.15, 0.2) is 0 Å². The normalized spacial score (nSPS) is 19.4. The zero-order valence-corrected chi connectivity index (χ0v) is 14.1. The molecule has 1 fully saturated rings. The Bertz CT molecular complexity index is 988. The minimum absolute atomic E-state index is 0.0573. The first-order chi connectivity index (χ1) is 12.4. The number of fused-ring (bicyclic) bond motifs is 1. The maximum Gasteiger partial charge on any atom is 0.217 e. The molecule has 1 aliphatic rings. The molecule has 26 heavy (non-hydrogen) atoms. The van der Waals surface area contributed by atoms with Gasteiger partial charge in [-0.15, -0.1) is 0 Å². The van der Waals surface area contributed by atoms with Gasteiger partial charge in [-0.05, 0) is 60.2 Å². The van der Waals surface area contributed by atoms with Crippen LogP contribution in [0.4, 0.5) is 13.2 Å². The van der Waals surface area contributed by atoms with Gasteiger partial charge in [-0.25, -0.2) is 13.2 Å². The Labute approximate surface area is 148 Å². The minimum Gasteiger partial charge on any atom is -0.354 e. The van der Waals surface area contributed by atoms with E-state index in [1.165, 1.54) is 25.1 Å². The lowest BCUT2D eigenvalue weighted by molar-refractivity contribution is -0.120. The Balaban J connectivity index is 1.82. The van der Waals surface area contributed by atoms with E-state index in [9.17, 15) is 18.0 Å². The van der Waals surface area contributed by atoms with E-state index in [0.717, 1.165) is 11.6 Å². The molecule has 1 aliphatic carbocycles. The van der Waals surface area contributed by atoms with E-state index >= 15 is 0 Å². The molecule has 6 heteroatoms. The highest BCUT2D eigenvalue weighted by molar-refractivity contribution is 5.92. The molecule has 2 N–H and O–H groups in total. The van der Waals surface area contributed by atoms with Crippen molar-refractivity contribution in [2.24, 2.45) is 0 Å². The molecule has 0 aliphatic heterocycles. The van der Waals surface area contributed by atoms with Crippen molar-refractivity contribution in [1.82, 2.24) is 10.3 Å². The van der Waals surface area contributed by atoms with E-state index in [1.807, 2.05) is 0 Å². The van der Waals surface area contributed by atoms with Crippen molar-refractivity contribution < 1.29 is 18.0 Å². The van der Waals surface area contributed by atoms with E-state index in [4.69, 9.17) is 0 Å². The van der Waals surface area contributed by atoms with E-state index in [1.54, 1.807) is 12.1 Å². The van der Waals surface area contributed by atoms with Crippen LogP contribution in [-0.4, -0.2) is 16.9 Å². The predicted molar refractivity (Wildman–Crippen MR) is 93.2 cm³/mol. The smallest absolute Gasteiger partial charge is 0.217 e. The highest BCUT2D eigenvalue weighted by Crippen LogP contribution is 2.45. The fourth-order valence-corrected chi connectivity index (χ4v) is 3.77. The number of hydrogen-bond acceptors (Lipinski definition) is 1. The maximum absolute atomic E-state index is 14.3. The van der Waals surface area contributed by atoms with Gasteiger partial charge in [0.05, 0.1) is 11.2 Å². The Morgan fingerprint density at radius 2 is 1.77 bits per heavy atom. The lowest BCUT2D eigenvalue weighted by Gasteiger charge is -2.36. The van der Waals surface area contributed by atoms with Crippen molar-refractivity contribution in [3.05, 3.63) is 59.4 Å². The largest absolute Gasteiger partial charge is 0.354 e.